The second-order valence-corrected chi connectivity index (χ2v) is 3.88. The molecule has 0 saturated carbocycles. The van der Waals surface area contributed by atoms with Crippen molar-refractivity contribution in [3.05, 3.63) is 29.8 Å². The highest BCUT2D eigenvalue weighted by molar-refractivity contribution is 5.96. The quantitative estimate of drug-likeness (QED) is 0.846. The van der Waals surface area contributed by atoms with Crippen molar-refractivity contribution >= 4 is 11.9 Å². The van der Waals surface area contributed by atoms with Crippen molar-refractivity contribution in [1.82, 2.24) is 10.2 Å². The topological polar surface area (TPSA) is 58.6 Å². The van der Waals surface area contributed by atoms with Crippen LogP contribution in [0.5, 0.6) is 5.75 Å². The summed E-state index contributed by atoms with van der Waals surface area (Å²) in [6, 6.07) is 7.06. The molecule has 0 radical (unpaired) electrons. The van der Waals surface area contributed by atoms with Crippen molar-refractivity contribution < 1.29 is 14.3 Å². The smallest absolute Gasteiger partial charge is 0.324 e. The molecule has 3 amide bonds. The van der Waals surface area contributed by atoms with Gasteiger partial charge in [0, 0.05) is 13.1 Å². The Morgan fingerprint density at radius 2 is 2.12 bits per heavy atom. The zero-order valence-corrected chi connectivity index (χ0v) is 9.60. The molecule has 0 spiro atoms. The average molecular weight is 234 g/mol. The molecule has 1 aromatic rings. The van der Waals surface area contributed by atoms with Crippen LogP contribution in [-0.2, 0) is 4.79 Å². The highest BCUT2D eigenvalue weighted by Crippen LogP contribution is 2.11. The average Bonchev–Trinajstić information content (AvgIpc) is 2.74. The van der Waals surface area contributed by atoms with Crippen molar-refractivity contribution in [3.63, 3.8) is 0 Å². The minimum absolute atomic E-state index is 0.115. The van der Waals surface area contributed by atoms with Gasteiger partial charge in [0.1, 0.15) is 5.75 Å². The van der Waals surface area contributed by atoms with Crippen molar-refractivity contribution in [2.24, 2.45) is 0 Å². The zero-order valence-electron chi connectivity index (χ0n) is 9.60. The van der Waals surface area contributed by atoms with Gasteiger partial charge >= 0.3 is 6.03 Å². The first-order valence-corrected chi connectivity index (χ1v) is 5.44. The Hall–Kier alpha value is -2.04. The van der Waals surface area contributed by atoms with Gasteiger partial charge in [-0.15, -0.1) is 0 Å². The largest absolute Gasteiger partial charge is 0.484 e. The molecular formula is C12H14N2O3. The van der Waals surface area contributed by atoms with Crippen LogP contribution in [0.1, 0.15) is 5.56 Å². The number of benzene rings is 1. The molecule has 1 fully saturated rings. The van der Waals surface area contributed by atoms with Gasteiger partial charge < -0.3 is 10.1 Å². The van der Waals surface area contributed by atoms with Crippen LogP contribution in [0.4, 0.5) is 4.79 Å². The van der Waals surface area contributed by atoms with Crippen molar-refractivity contribution in [2.75, 3.05) is 19.7 Å². The fourth-order valence-electron chi connectivity index (χ4n) is 1.57. The normalized spacial score (nSPS) is 14.6. The van der Waals surface area contributed by atoms with E-state index in [1.807, 2.05) is 19.1 Å². The Morgan fingerprint density at radius 1 is 1.41 bits per heavy atom. The number of nitrogens with zero attached hydrogens (tertiary/aromatic N) is 1. The fraction of sp³-hybridized carbons (Fsp3) is 0.333. The highest BCUT2D eigenvalue weighted by Gasteiger charge is 2.26. The molecule has 1 saturated heterocycles. The lowest BCUT2D eigenvalue weighted by Gasteiger charge is -2.12. The number of rotatable bonds is 3. The Labute approximate surface area is 99.4 Å². The number of nitrogens with one attached hydrogen (secondary N) is 1. The predicted octanol–water partition coefficient (Wildman–Crippen LogP) is 0.926. The molecule has 1 heterocycles. The number of hydrogen-bond donors (Lipinski definition) is 1. The van der Waals surface area contributed by atoms with Gasteiger partial charge in [0.15, 0.2) is 6.61 Å². The van der Waals surface area contributed by atoms with Gasteiger partial charge in [-0.05, 0) is 19.1 Å². The van der Waals surface area contributed by atoms with Gasteiger partial charge in [-0.3, -0.25) is 9.69 Å². The van der Waals surface area contributed by atoms with Gasteiger partial charge in [-0.25, -0.2) is 4.79 Å². The molecule has 1 N–H and O–H groups in total. The van der Waals surface area contributed by atoms with Crippen LogP contribution in [0.3, 0.4) is 0 Å². The second kappa shape index (κ2) is 4.86. The van der Waals surface area contributed by atoms with Gasteiger partial charge in [-0.1, -0.05) is 17.7 Å². The lowest BCUT2D eigenvalue weighted by atomic mass is 10.2. The van der Waals surface area contributed by atoms with E-state index in [0.29, 0.717) is 18.8 Å². The molecule has 0 aromatic heterocycles. The Morgan fingerprint density at radius 3 is 2.71 bits per heavy atom. The lowest BCUT2D eigenvalue weighted by molar-refractivity contribution is -0.129. The Bertz CT molecular complexity index is 428. The summed E-state index contributed by atoms with van der Waals surface area (Å²) in [5.74, 6) is 0.309. The first kappa shape index (κ1) is 11.4. The van der Waals surface area contributed by atoms with E-state index in [1.54, 1.807) is 12.1 Å². The fourth-order valence-corrected chi connectivity index (χ4v) is 1.57. The van der Waals surface area contributed by atoms with Gasteiger partial charge in [-0.2, -0.15) is 0 Å². The molecule has 1 aromatic carbocycles. The lowest BCUT2D eigenvalue weighted by Crippen LogP contribution is -2.37. The summed E-state index contributed by atoms with van der Waals surface area (Å²) in [6.07, 6.45) is 0. The minimum Gasteiger partial charge on any atom is -0.484 e. The maximum atomic E-state index is 11.6. The van der Waals surface area contributed by atoms with Crippen LogP contribution in [0.15, 0.2) is 24.3 Å². The van der Waals surface area contributed by atoms with E-state index in [0.717, 1.165) is 10.5 Å². The van der Waals surface area contributed by atoms with Gasteiger partial charge in [0.2, 0.25) is 0 Å². The van der Waals surface area contributed by atoms with Crippen molar-refractivity contribution in [2.45, 2.75) is 6.92 Å². The number of imide groups is 1. The third kappa shape index (κ3) is 2.75. The molecule has 0 bridgehead atoms. The summed E-state index contributed by atoms with van der Waals surface area (Å²) >= 11 is 0. The number of ether oxygens (including phenoxy) is 1. The molecule has 0 aliphatic carbocycles. The molecule has 0 unspecified atom stereocenters. The van der Waals surface area contributed by atoms with E-state index < -0.39 is 0 Å². The molecule has 2 rings (SSSR count). The van der Waals surface area contributed by atoms with Crippen molar-refractivity contribution in [1.29, 1.82) is 0 Å². The summed E-state index contributed by atoms with van der Waals surface area (Å²) in [7, 11) is 0. The molecule has 0 atom stereocenters. The molecule has 1 aliphatic rings. The molecule has 1 aliphatic heterocycles. The number of hydrogen-bond acceptors (Lipinski definition) is 3. The highest BCUT2D eigenvalue weighted by atomic mass is 16.5. The monoisotopic (exact) mass is 234 g/mol. The summed E-state index contributed by atoms with van der Waals surface area (Å²) in [6.45, 7) is 2.78. The van der Waals surface area contributed by atoms with Crippen LogP contribution < -0.4 is 10.1 Å². The van der Waals surface area contributed by atoms with Crippen LogP contribution in [0.25, 0.3) is 0 Å². The number of carbonyl (C=O) groups is 2. The van der Waals surface area contributed by atoms with Crippen LogP contribution in [0.2, 0.25) is 0 Å². The first-order valence-electron chi connectivity index (χ1n) is 5.44. The van der Waals surface area contributed by atoms with E-state index in [2.05, 4.69) is 5.32 Å². The zero-order chi connectivity index (χ0) is 12.3. The van der Waals surface area contributed by atoms with E-state index in [1.165, 1.54) is 0 Å². The van der Waals surface area contributed by atoms with E-state index in [9.17, 15) is 9.59 Å². The van der Waals surface area contributed by atoms with Gasteiger partial charge in [0.25, 0.3) is 5.91 Å². The minimum atomic E-state index is -0.345. The first-order chi connectivity index (χ1) is 8.16. The molecule has 90 valence electrons. The van der Waals surface area contributed by atoms with Crippen LogP contribution in [-0.4, -0.2) is 36.5 Å². The molecule has 5 nitrogen and oxygen atoms in total. The van der Waals surface area contributed by atoms with Gasteiger partial charge in [0.05, 0.1) is 0 Å². The van der Waals surface area contributed by atoms with E-state index >= 15 is 0 Å². The second-order valence-electron chi connectivity index (χ2n) is 3.88. The SMILES string of the molecule is Cc1ccc(OCC(=O)N2CCNC2=O)cc1. The number of carbonyl (C=O) groups excluding carboxylic acids is 2. The summed E-state index contributed by atoms with van der Waals surface area (Å²) in [5, 5.41) is 2.57. The molecule has 5 heteroatoms. The molecular weight excluding hydrogens is 220 g/mol. The third-order valence-electron chi connectivity index (χ3n) is 2.54. The molecule has 17 heavy (non-hydrogen) atoms. The maximum Gasteiger partial charge on any atom is 0.324 e. The summed E-state index contributed by atoms with van der Waals surface area (Å²) in [4.78, 5) is 24.0. The maximum absolute atomic E-state index is 11.6. The standard InChI is InChI=1S/C12H14N2O3/c1-9-2-4-10(5-3-9)17-8-11(15)14-7-6-13-12(14)16/h2-5H,6-8H2,1H3,(H,13,16). The summed E-state index contributed by atoms with van der Waals surface area (Å²) < 4.78 is 5.31. The Balaban J connectivity index is 1.87. The van der Waals surface area contributed by atoms with Crippen LogP contribution in [0, 0.1) is 6.92 Å². The Kier molecular flexibility index (Phi) is 3.27. The number of aryl methyl sites for hydroxylation is 1. The van der Waals surface area contributed by atoms with Crippen molar-refractivity contribution in [3.8, 4) is 5.75 Å². The van der Waals surface area contributed by atoms with E-state index in [-0.39, 0.29) is 18.5 Å². The van der Waals surface area contributed by atoms with E-state index in [4.69, 9.17) is 4.74 Å². The van der Waals surface area contributed by atoms with Crippen LogP contribution >= 0.6 is 0 Å². The summed E-state index contributed by atoms with van der Waals surface area (Å²) in [5.41, 5.74) is 1.13. The predicted molar refractivity (Wildman–Crippen MR) is 61.8 cm³/mol. The third-order valence-corrected chi connectivity index (χ3v) is 2.54. The number of amides is 3. The number of urea groups is 1.